The number of ether oxygens (including phenoxy) is 2. The van der Waals surface area contributed by atoms with E-state index >= 15 is 0 Å². The van der Waals surface area contributed by atoms with Crippen molar-refractivity contribution in [3.8, 4) is 11.5 Å². The third-order valence-electron chi connectivity index (χ3n) is 5.59. The molecular weight excluding hydrogens is 406 g/mol. The highest BCUT2D eigenvalue weighted by Gasteiger charge is 2.38. The van der Waals surface area contributed by atoms with Crippen molar-refractivity contribution in [1.82, 2.24) is 4.90 Å². The Morgan fingerprint density at radius 3 is 2.70 bits per heavy atom. The van der Waals surface area contributed by atoms with Gasteiger partial charge in [0.25, 0.3) is 5.91 Å². The molecule has 3 atom stereocenters. The first kappa shape index (κ1) is 20.6. The number of carbonyl (C=O) groups is 1. The molecule has 0 radical (unpaired) electrons. The van der Waals surface area contributed by atoms with Gasteiger partial charge >= 0.3 is 0 Å². The van der Waals surface area contributed by atoms with Crippen LogP contribution in [0.15, 0.2) is 52.9 Å². The van der Waals surface area contributed by atoms with Crippen LogP contribution in [0.3, 0.4) is 0 Å². The fourth-order valence-corrected chi connectivity index (χ4v) is 4.23. The average Bonchev–Trinajstić information content (AvgIpc) is 3.18. The first-order valence-electron chi connectivity index (χ1n) is 9.92. The van der Waals surface area contributed by atoms with Gasteiger partial charge in [0, 0.05) is 23.5 Å². The van der Waals surface area contributed by atoms with Gasteiger partial charge in [0.15, 0.2) is 17.1 Å². The lowest BCUT2D eigenvalue weighted by Crippen LogP contribution is -2.53. The number of aliphatic hydroxyl groups excluding tert-OH is 1. The van der Waals surface area contributed by atoms with E-state index in [2.05, 4.69) is 0 Å². The molecule has 4 rings (SSSR count). The second kappa shape index (κ2) is 8.58. The van der Waals surface area contributed by atoms with Gasteiger partial charge in [0.05, 0.1) is 13.2 Å². The summed E-state index contributed by atoms with van der Waals surface area (Å²) in [6.07, 6.45) is 1.08. The number of fused-ring (bicyclic) bond motifs is 1. The van der Waals surface area contributed by atoms with E-state index in [9.17, 15) is 9.90 Å². The van der Waals surface area contributed by atoms with Crippen molar-refractivity contribution < 1.29 is 23.8 Å². The number of likely N-dealkylation sites (N-methyl/N-ethyl adjacent to an activating group) is 1. The lowest BCUT2D eigenvalue weighted by atomic mass is 9.88. The summed E-state index contributed by atoms with van der Waals surface area (Å²) in [6.45, 7) is 0. The van der Waals surface area contributed by atoms with Gasteiger partial charge in [0.2, 0.25) is 0 Å². The minimum Gasteiger partial charge on any atom is -0.493 e. The smallest absolute Gasteiger partial charge is 0.289 e. The molecule has 0 bridgehead atoms. The number of benzene rings is 2. The van der Waals surface area contributed by atoms with Crippen LogP contribution in [0.1, 0.15) is 29.8 Å². The Kier molecular flexibility index (Phi) is 5.88. The largest absolute Gasteiger partial charge is 0.493 e. The first-order valence-corrected chi connectivity index (χ1v) is 10.3. The topological polar surface area (TPSA) is 72.1 Å². The number of furan rings is 1. The molecule has 1 aromatic heterocycles. The van der Waals surface area contributed by atoms with Gasteiger partial charge < -0.3 is 23.9 Å². The number of hydrogen-bond acceptors (Lipinski definition) is 5. The molecule has 0 spiro atoms. The quantitative estimate of drug-likeness (QED) is 0.645. The number of para-hydroxylation sites is 1. The van der Waals surface area contributed by atoms with Crippen molar-refractivity contribution in [2.24, 2.45) is 0 Å². The summed E-state index contributed by atoms with van der Waals surface area (Å²) in [5.41, 5.74) is 0.466. The van der Waals surface area contributed by atoms with Crippen LogP contribution in [0, 0.1) is 0 Å². The maximum Gasteiger partial charge on any atom is 0.289 e. The normalized spacial score (nSPS) is 21.4. The van der Waals surface area contributed by atoms with Gasteiger partial charge in [-0.25, -0.2) is 0 Å². The molecule has 3 aromatic rings. The molecule has 30 heavy (non-hydrogen) atoms. The van der Waals surface area contributed by atoms with Crippen LogP contribution in [-0.2, 0) is 0 Å². The van der Waals surface area contributed by atoms with Crippen molar-refractivity contribution in [2.75, 3.05) is 14.2 Å². The fraction of sp³-hybridized carbons (Fsp3) is 0.348. The Morgan fingerprint density at radius 2 is 1.97 bits per heavy atom. The summed E-state index contributed by atoms with van der Waals surface area (Å²) in [7, 11) is 3.20. The van der Waals surface area contributed by atoms with E-state index in [1.807, 2.05) is 30.3 Å². The standard InChI is InChI=1S/C23H24ClNO5/c1-25(17-9-6-10-18(21(17)26)29-16-7-4-3-5-8-16)23(27)20-12-14-11-15(24)13-19(28-2)22(14)30-20/h3-5,7-8,11-13,17-18,21,26H,6,9-10H2,1-2H3/t17-,18-,21-/m1/s1. The van der Waals surface area contributed by atoms with Gasteiger partial charge in [-0.2, -0.15) is 0 Å². The second-order valence-corrected chi connectivity index (χ2v) is 7.95. The number of aliphatic hydroxyl groups is 1. The van der Waals surface area contributed by atoms with Crippen molar-refractivity contribution in [2.45, 2.75) is 37.5 Å². The molecule has 0 saturated heterocycles. The van der Waals surface area contributed by atoms with E-state index in [1.165, 1.54) is 12.0 Å². The monoisotopic (exact) mass is 429 g/mol. The number of rotatable bonds is 5. The molecule has 0 unspecified atom stereocenters. The number of halogens is 1. The highest BCUT2D eigenvalue weighted by atomic mass is 35.5. The SMILES string of the molecule is COc1cc(Cl)cc2cc(C(=O)N(C)[C@@H]3CCC[C@@H](Oc4ccccc4)[C@@H]3O)oc12. The van der Waals surface area contributed by atoms with Crippen molar-refractivity contribution in [3.05, 3.63) is 59.3 Å². The molecule has 1 aliphatic carbocycles. The van der Waals surface area contributed by atoms with Crippen LogP contribution in [-0.4, -0.2) is 48.3 Å². The Hall–Kier alpha value is -2.70. The lowest BCUT2D eigenvalue weighted by molar-refractivity contribution is -0.0417. The molecule has 158 valence electrons. The number of hydrogen-bond donors (Lipinski definition) is 1. The van der Waals surface area contributed by atoms with E-state index < -0.39 is 6.10 Å². The summed E-state index contributed by atoms with van der Waals surface area (Å²) in [6, 6.07) is 14.0. The molecular formula is C23H24ClNO5. The summed E-state index contributed by atoms with van der Waals surface area (Å²) in [5, 5.41) is 12.1. The van der Waals surface area contributed by atoms with Gasteiger partial charge in [-0.3, -0.25) is 4.79 Å². The van der Waals surface area contributed by atoms with Crippen LogP contribution in [0.25, 0.3) is 11.0 Å². The molecule has 1 fully saturated rings. The van der Waals surface area contributed by atoms with Crippen LogP contribution in [0.4, 0.5) is 0 Å². The Labute approximate surface area is 179 Å². The molecule has 2 aromatic carbocycles. The predicted molar refractivity (Wildman–Crippen MR) is 114 cm³/mol. The maximum atomic E-state index is 13.1. The number of methoxy groups -OCH3 is 1. The molecule has 1 N–H and O–H groups in total. The average molecular weight is 430 g/mol. The van der Waals surface area contributed by atoms with Gasteiger partial charge in [-0.05, 0) is 43.5 Å². The first-order chi connectivity index (χ1) is 14.5. The summed E-state index contributed by atoms with van der Waals surface area (Å²) in [4.78, 5) is 14.7. The zero-order chi connectivity index (χ0) is 21.3. The van der Waals surface area contributed by atoms with Crippen LogP contribution in [0.2, 0.25) is 5.02 Å². The third kappa shape index (κ3) is 3.98. The fourth-order valence-electron chi connectivity index (χ4n) is 4.01. The summed E-state index contributed by atoms with van der Waals surface area (Å²) >= 11 is 6.11. The lowest BCUT2D eigenvalue weighted by Gasteiger charge is -2.39. The van der Waals surface area contributed by atoms with Gasteiger partial charge in [0.1, 0.15) is 18.0 Å². The maximum absolute atomic E-state index is 13.1. The number of nitrogens with zero attached hydrogens (tertiary/aromatic N) is 1. The predicted octanol–water partition coefficient (Wildman–Crippen LogP) is 4.53. The molecule has 1 saturated carbocycles. The molecule has 1 aliphatic rings. The minimum atomic E-state index is -0.804. The van der Waals surface area contributed by atoms with Crippen LogP contribution < -0.4 is 9.47 Å². The van der Waals surface area contributed by atoms with E-state index in [0.29, 0.717) is 33.9 Å². The molecule has 6 nitrogen and oxygen atoms in total. The Bertz CT molecular complexity index is 1030. The van der Waals surface area contributed by atoms with Gasteiger partial charge in [-0.1, -0.05) is 29.8 Å². The van der Waals surface area contributed by atoms with Crippen LogP contribution in [0.5, 0.6) is 11.5 Å². The van der Waals surface area contributed by atoms with E-state index in [-0.39, 0.29) is 23.8 Å². The van der Waals surface area contributed by atoms with E-state index in [1.54, 1.807) is 25.2 Å². The highest BCUT2D eigenvalue weighted by Crippen LogP contribution is 2.33. The molecule has 7 heteroatoms. The number of amides is 1. The van der Waals surface area contributed by atoms with Crippen LogP contribution >= 0.6 is 11.6 Å². The van der Waals surface area contributed by atoms with Gasteiger partial charge in [-0.15, -0.1) is 0 Å². The Balaban J connectivity index is 1.53. The summed E-state index contributed by atoms with van der Waals surface area (Å²) < 4.78 is 17.1. The van der Waals surface area contributed by atoms with E-state index in [0.717, 1.165) is 12.8 Å². The second-order valence-electron chi connectivity index (χ2n) is 7.51. The third-order valence-corrected chi connectivity index (χ3v) is 5.81. The Morgan fingerprint density at radius 1 is 1.20 bits per heavy atom. The van der Waals surface area contributed by atoms with Crippen molar-refractivity contribution in [1.29, 1.82) is 0 Å². The van der Waals surface area contributed by atoms with Crippen molar-refractivity contribution in [3.63, 3.8) is 0 Å². The summed E-state index contributed by atoms with van der Waals surface area (Å²) in [5.74, 6) is 1.03. The molecule has 1 heterocycles. The molecule has 0 aliphatic heterocycles. The zero-order valence-corrected chi connectivity index (χ0v) is 17.6. The van der Waals surface area contributed by atoms with E-state index in [4.69, 9.17) is 25.5 Å². The number of carbonyl (C=O) groups excluding carboxylic acids is 1. The minimum absolute atomic E-state index is 0.173. The highest BCUT2D eigenvalue weighted by molar-refractivity contribution is 6.31. The molecule has 1 amide bonds. The zero-order valence-electron chi connectivity index (χ0n) is 16.9. The van der Waals surface area contributed by atoms with Crippen molar-refractivity contribution >= 4 is 28.5 Å².